The summed E-state index contributed by atoms with van der Waals surface area (Å²) in [6.07, 6.45) is 0. The third kappa shape index (κ3) is 5.95. The van der Waals surface area contributed by atoms with Gasteiger partial charge in [-0.25, -0.2) is 0 Å². The number of carbonyl (C=O) groups excluding carboxylic acids is 1. The van der Waals surface area contributed by atoms with Gasteiger partial charge in [0, 0.05) is 17.1 Å². The molecule has 0 spiro atoms. The van der Waals surface area contributed by atoms with Gasteiger partial charge in [0.25, 0.3) is 0 Å². The van der Waals surface area contributed by atoms with E-state index in [9.17, 15) is 4.79 Å². The van der Waals surface area contributed by atoms with Crippen LogP contribution in [0.3, 0.4) is 0 Å². The van der Waals surface area contributed by atoms with Crippen LogP contribution in [0.1, 0.15) is 0 Å². The number of rotatable bonds is 1. The average molecular weight is 144 g/mol. The third-order valence-electron chi connectivity index (χ3n) is 0.394. The molecule has 3 nitrogen and oxygen atoms in total. The van der Waals surface area contributed by atoms with Crippen molar-refractivity contribution in [2.75, 3.05) is 13.7 Å². The fourth-order valence-electron chi connectivity index (χ4n) is 0.0833. The van der Waals surface area contributed by atoms with Crippen molar-refractivity contribution in [2.45, 2.75) is 0 Å². The summed E-state index contributed by atoms with van der Waals surface area (Å²) in [4.78, 5) is 9.83. The number of hydrogen-bond donors (Lipinski definition) is 1. The molecule has 0 fully saturated rings. The first-order valence-electron chi connectivity index (χ1n) is 1.58. The van der Waals surface area contributed by atoms with Crippen molar-refractivity contribution in [3.05, 3.63) is 0 Å². The summed E-state index contributed by atoms with van der Waals surface area (Å²) in [5.74, 6) is -0.380. The van der Waals surface area contributed by atoms with Gasteiger partial charge in [-0.3, -0.25) is 4.79 Å². The van der Waals surface area contributed by atoms with Crippen LogP contribution in [0, 0.1) is 0 Å². The molecule has 0 atom stereocenters. The smallest absolute Gasteiger partial charge is 0.319 e. The van der Waals surface area contributed by atoms with Crippen molar-refractivity contribution < 1.29 is 26.6 Å². The number of methoxy groups -OCH3 is 1. The van der Waals surface area contributed by atoms with E-state index in [0.717, 1.165) is 0 Å². The van der Waals surface area contributed by atoms with Gasteiger partial charge in [-0.2, -0.15) is 0 Å². The molecule has 0 aromatic rings. The maximum Gasteiger partial charge on any atom is 0.319 e. The van der Waals surface area contributed by atoms with E-state index >= 15 is 0 Å². The minimum Gasteiger partial charge on any atom is -0.468 e. The van der Waals surface area contributed by atoms with E-state index in [-0.39, 0.29) is 29.6 Å². The van der Waals surface area contributed by atoms with Crippen molar-refractivity contribution in [2.24, 2.45) is 5.73 Å². The van der Waals surface area contributed by atoms with Gasteiger partial charge in [-0.05, 0) is 0 Å². The zero-order valence-electron chi connectivity index (χ0n) is 3.98. The number of ether oxygens (including phenoxy) is 1. The first-order chi connectivity index (χ1) is 2.81. The largest absolute Gasteiger partial charge is 0.468 e. The molecule has 0 saturated heterocycles. The van der Waals surface area contributed by atoms with Crippen LogP contribution < -0.4 is 5.73 Å². The fraction of sp³-hybridized carbons (Fsp3) is 0.667. The van der Waals surface area contributed by atoms with Gasteiger partial charge < -0.3 is 10.5 Å². The maximum atomic E-state index is 9.83. The quantitative estimate of drug-likeness (QED) is 0.384. The molecule has 0 bridgehead atoms. The monoisotopic (exact) mass is 144 g/mol. The molecular weight excluding hydrogens is 137 g/mol. The molecule has 0 rings (SSSR count). The molecule has 0 aromatic heterocycles. The molecule has 7 heavy (non-hydrogen) atoms. The summed E-state index contributed by atoms with van der Waals surface area (Å²) in [7, 11) is 1.30. The minimum absolute atomic E-state index is 0. The summed E-state index contributed by atoms with van der Waals surface area (Å²) in [6.45, 7) is -0.0312. The van der Waals surface area contributed by atoms with Crippen molar-refractivity contribution in [3.63, 3.8) is 0 Å². The van der Waals surface area contributed by atoms with Crippen LogP contribution in [0.4, 0.5) is 0 Å². The Morgan fingerprint density at radius 1 is 1.86 bits per heavy atom. The Bertz CT molecular complexity index is 50.9. The summed E-state index contributed by atoms with van der Waals surface area (Å²) in [5.41, 5.74) is 4.81. The summed E-state index contributed by atoms with van der Waals surface area (Å²) >= 11 is 0. The zero-order valence-corrected chi connectivity index (χ0v) is 5.16. The maximum absolute atomic E-state index is 9.83. The molecule has 0 aliphatic carbocycles. The predicted molar refractivity (Wildman–Crippen MR) is 21.1 cm³/mol. The fourth-order valence-corrected chi connectivity index (χ4v) is 0.0833. The van der Waals surface area contributed by atoms with Crippen molar-refractivity contribution in [1.82, 2.24) is 0 Å². The topological polar surface area (TPSA) is 52.3 Å². The number of hydrogen-bond acceptors (Lipinski definition) is 3. The second kappa shape index (κ2) is 5.95. The predicted octanol–water partition coefficient (Wildman–Crippen LogP) is -0.884. The summed E-state index contributed by atoms with van der Waals surface area (Å²) in [5, 5.41) is 0. The van der Waals surface area contributed by atoms with Crippen molar-refractivity contribution in [3.8, 4) is 0 Å². The van der Waals surface area contributed by atoms with Gasteiger partial charge in [0.2, 0.25) is 0 Å². The van der Waals surface area contributed by atoms with Gasteiger partial charge in [0.05, 0.1) is 13.7 Å². The van der Waals surface area contributed by atoms with E-state index in [1.807, 2.05) is 0 Å². The SMILES string of the molecule is COC(=O)CN.[Mn]. The minimum atomic E-state index is -0.380. The number of esters is 1. The van der Waals surface area contributed by atoms with Crippen LogP contribution in [0.5, 0.6) is 0 Å². The molecule has 1 radical (unpaired) electrons. The Balaban J connectivity index is 0. The summed E-state index contributed by atoms with van der Waals surface area (Å²) in [6, 6.07) is 0. The normalized spacial score (nSPS) is 6.57. The van der Waals surface area contributed by atoms with Gasteiger partial charge in [0.1, 0.15) is 0 Å². The number of carbonyl (C=O) groups is 1. The van der Waals surface area contributed by atoms with E-state index in [0.29, 0.717) is 0 Å². The Morgan fingerprint density at radius 2 is 2.29 bits per heavy atom. The van der Waals surface area contributed by atoms with Crippen LogP contribution in [-0.4, -0.2) is 19.6 Å². The van der Waals surface area contributed by atoms with Gasteiger partial charge >= 0.3 is 5.97 Å². The Morgan fingerprint density at radius 3 is 2.29 bits per heavy atom. The molecule has 0 aliphatic heterocycles. The molecule has 0 amide bonds. The summed E-state index contributed by atoms with van der Waals surface area (Å²) < 4.78 is 4.14. The molecule has 4 heteroatoms. The van der Waals surface area contributed by atoms with Crippen molar-refractivity contribution in [1.29, 1.82) is 0 Å². The van der Waals surface area contributed by atoms with E-state index in [1.165, 1.54) is 7.11 Å². The van der Waals surface area contributed by atoms with Crippen LogP contribution in [-0.2, 0) is 26.6 Å². The standard InChI is InChI=1S/C3H7NO2.Mn/c1-6-3(5)2-4;/h2,4H2,1H3;. The van der Waals surface area contributed by atoms with Crippen LogP contribution in [0.25, 0.3) is 0 Å². The molecule has 0 unspecified atom stereocenters. The molecule has 0 heterocycles. The average Bonchev–Trinajstić information content (AvgIpc) is 1.65. The van der Waals surface area contributed by atoms with Crippen LogP contribution in [0.15, 0.2) is 0 Å². The Kier molecular flexibility index (Phi) is 8.53. The van der Waals surface area contributed by atoms with E-state index in [4.69, 9.17) is 5.73 Å². The molecular formula is C3H7MnNO2. The van der Waals surface area contributed by atoms with E-state index in [1.54, 1.807) is 0 Å². The van der Waals surface area contributed by atoms with Crippen LogP contribution >= 0.6 is 0 Å². The molecule has 43 valence electrons. The first kappa shape index (κ1) is 10.0. The second-order valence-corrected chi connectivity index (χ2v) is 0.780. The Hall–Kier alpha value is -0.0505. The van der Waals surface area contributed by atoms with Crippen molar-refractivity contribution >= 4 is 5.97 Å². The van der Waals surface area contributed by atoms with Gasteiger partial charge in [-0.15, -0.1) is 0 Å². The number of nitrogens with two attached hydrogens (primary N) is 1. The molecule has 0 saturated carbocycles. The Labute approximate surface area is 52.7 Å². The molecule has 2 N–H and O–H groups in total. The second-order valence-electron chi connectivity index (χ2n) is 0.780. The van der Waals surface area contributed by atoms with E-state index < -0.39 is 0 Å². The molecule has 0 aromatic carbocycles. The van der Waals surface area contributed by atoms with E-state index in [2.05, 4.69) is 4.74 Å². The third-order valence-corrected chi connectivity index (χ3v) is 0.394. The van der Waals surface area contributed by atoms with Crippen LogP contribution in [0.2, 0.25) is 0 Å². The zero-order chi connectivity index (χ0) is 4.99. The van der Waals surface area contributed by atoms with Gasteiger partial charge in [-0.1, -0.05) is 0 Å². The first-order valence-corrected chi connectivity index (χ1v) is 1.58. The van der Waals surface area contributed by atoms with Gasteiger partial charge in [0.15, 0.2) is 0 Å². The molecule has 0 aliphatic rings.